The summed E-state index contributed by atoms with van der Waals surface area (Å²) in [5.41, 5.74) is 1.28. The Morgan fingerprint density at radius 2 is 1.72 bits per heavy atom. The molecule has 0 radical (unpaired) electrons. The largest absolute Gasteiger partial charge is 0.497 e. The van der Waals surface area contributed by atoms with Gasteiger partial charge in [-0.3, -0.25) is 24.6 Å². The van der Waals surface area contributed by atoms with Crippen molar-refractivity contribution in [1.82, 2.24) is 10.2 Å². The van der Waals surface area contributed by atoms with E-state index < -0.39 is 17.2 Å². The highest BCUT2D eigenvalue weighted by atomic mass is 16.5. The fourth-order valence-electron chi connectivity index (χ4n) is 3.48. The summed E-state index contributed by atoms with van der Waals surface area (Å²) in [7, 11) is 1.57. The van der Waals surface area contributed by atoms with Crippen LogP contribution in [-0.4, -0.2) is 35.5 Å². The van der Waals surface area contributed by atoms with Gasteiger partial charge in [-0.25, -0.2) is 0 Å². The van der Waals surface area contributed by atoms with E-state index in [1.165, 1.54) is 4.90 Å². The monoisotopic (exact) mass is 389 g/mol. The molecule has 7 heteroatoms. The van der Waals surface area contributed by atoms with Crippen molar-refractivity contribution in [2.75, 3.05) is 18.6 Å². The van der Waals surface area contributed by atoms with E-state index in [-0.39, 0.29) is 16.1 Å². The maximum Gasteiger partial charge on any atom is 0.271 e. The number of para-hydroxylation sites is 1. The molecule has 2 heterocycles. The second-order valence-corrected chi connectivity index (χ2v) is 6.56. The predicted octanol–water partition coefficient (Wildman–Crippen LogP) is 0.941. The van der Waals surface area contributed by atoms with Crippen LogP contribution in [0.4, 0.5) is 5.69 Å². The van der Waals surface area contributed by atoms with E-state index in [0.717, 1.165) is 5.56 Å². The minimum absolute atomic E-state index is 0.0522. The number of benzene rings is 2. The maximum atomic E-state index is 13.1. The second-order valence-electron chi connectivity index (χ2n) is 6.56. The molecule has 0 atom stereocenters. The minimum Gasteiger partial charge on any atom is -0.497 e. The van der Waals surface area contributed by atoms with Gasteiger partial charge in [0.2, 0.25) is 5.78 Å². The van der Waals surface area contributed by atoms with Crippen molar-refractivity contribution in [3.05, 3.63) is 80.6 Å². The Hall–Kier alpha value is -3.87. The summed E-state index contributed by atoms with van der Waals surface area (Å²) in [6.07, 6.45) is 1.63. The number of rotatable bonds is 3. The number of carbonyl (C=O) groups is 2. The maximum absolute atomic E-state index is 13.1. The van der Waals surface area contributed by atoms with Gasteiger partial charge in [0.15, 0.2) is 0 Å². The van der Waals surface area contributed by atoms with Crippen molar-refractivity contribution in [3.8, 4) is 5.75 Å². The molecule has 0 saturated carbocycles. The summed E-state index contributed by atoms with van der Waals surface area (Å²) in [6.45, 7) is 2.24. The molecule has 2 aromatic carbocycles. The zero-order valence-corrected chi connectivity index (χ0v) is 16.0. The van der Waals surface area contributed by atoms with Gasteiger partial charge in [-0.2, -0.15) is 0 Å². The molecule has 146 valence electrons. The number of aromatic nitrogens is 2. The van der Waals surface area contributed by atoms with Crippen molar-refractivity contribution < 1.29 is 14.3 Å². The number of fused-ring (bicyclic) bond motifs is 1. The van der Waals surface area contributed by atoms with Crippen LogP contribution in [0.15, 0.2) is 53.3 Å². The van der Waals surface area contributed by atoms with Crippen LogP contribution in [0.5, 0.6) is 5.75 Å². The number of Topliss-reactive ketones (excluding diaryl/α,β-unsaturated/α-hetero) is 1. The third kappa shape index (κ3) is 3.06. The van der Waals surface area contributed by atoms with Gasteiger partial charge in [0.05, 0.1) is 23.4 Å². The van der Waals surface area contributed by atoms with E-state index in [1.807, 2.05) is 6.92 Å². The molecule has 1 aromatic heterocycles. The summed E-state index contributed by atoms with van der Waals surface area (Å²) in [4.78, 5) is 40.2. The molecule has 1 aliphatic heterocycles. The Kier molecular flexibility index (Phi) is 4.64. The van der Waals surface area contributed by atoms with Crippen LogP contribution in [0.2, 0.25) is 0 Å². The molecular weight excluding hydrogens is 370 g/mol. The molecule has 4 rings (SSSR count). The number of carbonyl (C=O) groups excluding carboxylic acids is 2. The van der Waals surface area contributed by atoms with Crippen LogP contribution in [0, 0.1) is 0 Å². The molecule has 1 amide bonds. The third-order valence-corrected chi connectivity index (χ3v) is 4.93. The summed E-state index contributed by atoms with van der Waals surface area (Å²) in [5.74, 6) is -0.154. The SMILES string of the molecule is CCN1C(=O)/C(=c2/[nH][nH]c(=O)/c2=C\c2ccc(OC)cc2)C(=O)c2ccccc21. The van der Waals surface area contributed by atoms with Crippen LogP contribution in [0.1, 0.15) is 22.8 Å². The van der Waals surface area contributed by atoms with Gasteiger partial charge in [0.25, 0.3) is 11.5 Å². The van der Waals surface area contributed by atoms with Gasteiger partial charge in [0.1, 0.15) is 11.3 Å². The van der Waals surface area contributed by atoms with Gasteiger partial charge >= 0.3 is 0 Å². The Balaban J connectivity index is 1.99. The summed E-state index contributed by atoms with van der Waals surface area (Å²) < 4.78 is 5.15. The lowest BCUT2D eigenvalue weighted by Gasteiger charge is -2.28. The van der Waals surface area contributed by atoms with Crippen LogP contribution in [-0.2, 0) is 4.79 Å². The first-order valence-corrected chi connectivity index (χ1v) is 9.17. The first-order valence-electron chi connectivity index (χ1n) is 9.17. The molecule has 0 aliphatic carbocycles. The first-order chi connectivity index (χ1) is 14.0. The number of anilines is 1. The molecule has 29 heavy (non-hydrogen) atoms. The van der Waals surface area contributed by atoms with Crippen molar-refractivity contribution in [2.24, 2.45) is 0 Å². The zero-order chi connectivity index (χ0) is 20.5. The summed E-state index contributed by atoms with van der Waals surface area (Å²) in [5, 5.41) is 5.63. The highest BCUT2D eigenvalue weighted by molar-refractivity contribution is 6.51. The molecular formula is C22H19N3O4. The van der Waals surface area contributed by atoms with Crippen LogP contribution in [0.25, 0.3) is 11.6 Å². The van der Waals surface area contributed by atoms with Crippen molar-refractivity contribution >= 4 is 29.0 Å². The topological polar surface area (TPSA) is 95.3 Å². The zero-order valence-electron chi connectivity index (χ0n) is 16.0. The molecule has 0 bridgehead atoms. The molecule has 3 aromatic rings. The smallest absolute Gasteiger partial charge is 0.271 e. The van der Waals surface area contributed by atoms with E-state index in [0.29, 0.717) is 23.5 Å². The van der Waals surface area contributed by atoms with Crippen molar-refractivity contribution in [3.63, 3.8) is 0 Å². The Morgan fingerprint density at radius 1 is 1.00 bits per heavy atom. The molecule has 1 aliphatic rings. The van der Waals surface area contributed by atoms with E-state index in [4.69, 9.17) is 4.74 Å². The fourth-order valence-corrected chi connectivity index (χ4v) is 3.48. The van der Waals surface area contributed by atoms with Crippen LogP contribution in [0.3, 0.4) is 0 Å². The van der Waals surface area contributed by atoms with Crippen molar-refractivity contribution in [2.45, 2.75) is 6.92 Å². The Morgan fingerprint density at radius 3 is 2.41 bits per heavy atom. The third-order valence-electron chi connectivity index (χ3n) is 4.93. The van der Waals surface area contributed by atoms with E-state index >= 15 is 0 Å². The van der Waals surface area contributed by atoms with Gasteiger partial charge in [-0.15, -0.1) is 0 Å². The average Bonchev–Trinajstić information content (AvgIpc) is 3.09. The number of amides is 1. The van der Waals surface area contributed by atoms with Gasteiger partial charge in [-0.1, -0.05) is 24.3 Å². The highest BCUT2D eigenvalue weighted by Crippen LogP contribution is 2.29. The molecule has 2 N–H and O–H groups in total. The predicted molar refractivity (Wildman–Crippen MR) is 109 cm³/mol. The normalized spacial score (nSPS) is 16.2. The second kappa shape index (κ2) is 7.27. The fraction of sp³-hybridized carbons (Fsp3) is 0.136. The van der Waals surface area contributed by atoms with E-state index in [1.54, 1.807) is 61.7 Å². The number of hydrogen-bond acceptors (Lipinski definition) is 4. The molecule has 0 spiro atoms. The van der Waals surface area contributed by atoms with Crippen LogP contribution >= 0.6 is 0 Å². The minimum atomic E-state index is -0.434. The number of H-pyrrole nitrogens is 2. The number of nitrogens with zero attached hydrogens (tertiary/aromatic N) is 1. The Bertz CT molecular complexity index is 1280. The number of ketones is 1. The number of hydrogen-bond donors (Lipinski definition) is 2. The number of ether oxygens (including phenoxy) is 1. The average molecular weight is 389 g/mol. The number of aromatic amines is 2. The first kappa shape index (κ1) is 18.5. The van der Waals surface area contributed by atoms with Crippen molar-refractivity contribution in [1.29, 1.82) is 0 Å². The molecule has 0 unspecified atom stereocenters. The quantitative estimate of drug-likeness (QED) is 0.697. The summed E-state index contributed by atoms with van der Waals surface area (Å²) in [6, 6.07) is 14.1. The molecule has 0 saturated heterocycles. The van der Waals surface area contributed by atoms with E-state index in [2.05, 4.69) is 10.2 Å². The summed E-state index contributed by atoms with van der Waals surface area (Å²) >= 11 is 0. The lowest BCUT2D eigenvalue weighted by Crippen LogP contribution is -2.45. The van der Waals surface area contributed by atoms with E-state index in [9.17, 15) is 14.4 Å². The van der Waals surface area contributed by atoms with Gasteiger partial charge in [0, 0.05) is 12.1 Å². The number of nitrogens with one attached hydrogen (secondary N) is 2. The lowest BCUT2D eigenvalue weighted by atomic mass is 9.94. The number of methoxy groups -OCH3 is 1. The standard InChI is InChI=1S/C22H19N3O4/c1-3-25-17-7-5-4-6-15(17)20(26)18(22(25)28)19-16(21(27)24-23-19)12-13-8-10-14(29-2)11-9-13/h4-12,23H,3H2,1-2H3,(H,24,27)/b16-12-,19-18+. The van der Waals surface area contributed by atoms with Crippen LogP contribution < -0.4 is 25.8 Å². The Labute approximate surface area is 165 Å². The van der Waals surface area contributed by atoms with Gasteiger partial charge in [-0.05, 0) is 42.8 Å². The van der Waals surface area contributed by atoms with Gasteiger partial charge < -0.3 is 9.64 Å². The highest BCUT2D eigenvalue weighted by Gasteiger charge is 2.35. The molecule has 0 fully saturated rings. The lowest BCUT2D eigenvalue weighted by molar-refractivity contribution is -0.113. The molecule has 7 nitrogen and oxygen atoms in total.